The van der Waals surface area contributed by atoms with Crippen molar-refractivity contribution < 1.29 is 0 Å². The fourth-order valence-corrected chi connectivity index (χ4v) is 4.07. The molecule has 0 spiro atoms. The minimum atomic E-state index is 0.535. The van der Waals surface area contributed by atoms with E-state index < -0.39 is 0 Å². The van der Waals surface area contributed by atoms with Crippen LogP contribution >= 0.6 is 0 Å². The van der Waals surface area contributed by atoms with Crippen LogP contribution in [0.4, 0.5) is 0 Å². The van der Waals surface area contributed by atoms with Crippen LogP contribution in [0.3, 0.4) is 0 Å². The third kappa shape index (κ3) is 2.89. The van der Waals surface area contributed by atoms with Gasteiger partial charge in [-0.1, -0.05) is 19.4 Å². The van der Waals surface area contributed by atoms with Gasteiger partial charge in [0.05, 0.1) is 0 Å². The quantitative estimate of drug-likeness (QED) is 0.914. The molecule has 1 aromatic heterocycles. The van der Waals surface area contributed by atoms with Crippen molar-refractivity contribution in [1.29, 1.82) is 0 Å². The Labute approximate surface area is 122 Å². The van der Waals surface area contributed by atoms with Crippen LogP contribution < -0.4 is 5.32 Å². The first-order valence-corrected chi connectivity index (χ1v) is 8.09. The number of hydrogen-bond donors (Lipinski definition) is 1. The van der Waals surface area contributed by atoms with Crippen molar-refractivity contribution in [3.8, 4) is 0 Å². The Morgan fingerprint density at radius 3 is 2.95 bits per heavy atom. The minimum absolute atomic E-state index is 0.535. The summed E-state index contributed by atoms with van der Waals surface area (Å²) in [6.07, 6.45) is 9.36. The summed E-state index contributed by atoms with van der Waals surface area (Å²) in [4.78, 5) is 6.79. The second kappa shape index (κ2) is 6.23. The van der Waals surface area contributed by atoms with Gasteiger partial charge in [0.15, 0.2) is 0 Å². The molecule has 2 fully saturated rings. The molecule has 3 nitrogen and oxygen atoms in total. The molecule has 110 valence electrons. The third-order valence-corrected chi connectivity index (χ3v) is 5.30. The first-order valence-electron chi connectivity index (χ1n) is 8.09. The smallest absolute Gasteiger partial charge is 0.0401 e. The Kier molecular flexibility index (Phi) is 4.37. The van der Waals surface area contributed by atoms with Crippen molar-refractivity contribution in [3.63, 3.8) is 0 Å². The van der Waals surface area contributed by atoms with E-state index in [1.54, 1.807) is 0 Å². The van der Waals surface area contributed by atoms with Gasteiger partial charge < -0.3 is 5.32 Å². The van der Waals surface area contributed by atoms with E-state index in [0.29, 0.717) is 6.04 Å². The zero-order valence-corrected chi connectivity index (χ0v) is 12.8. The van der Waals surface area contributed by atoms with Gasteiger partial charge in [-0.05, 0) is 56.3 Å². The number of hydrogen-bond acceptors (Lipinski definition) is 3. The molecule has 20 heavy (non-hydrogen) atoms. The predicted molar refractivity (Wildman–Crippen MR) is 82.5 cm³/mol. The molecular formula is C17H27N3. The molecule has 3 rings (SSSR count). The van der Waals surface area contributed by atoms with Crippen molar-refractivity contribution in [2.75, 3.05) is 20.1 Å². The summed E-state index contributed by atoms with van der Waals surface area (Å²) < 4.78 is 0. The van der Waals surface area contributed by atoms with Crippen LogP contribution in [0.2, 0.25) is 0 Å². The molecule has 1 saturated heterocycles. The van der Waals surface area contributed by atoms with Crippen molar-refractivity contribution in [2.24, 2.45) is 11.8 Å². The van der Waals surface area contributed by atoms with Crippen LogP contribution in [0.1, 0.15) is 44.2 Å². The zero-order valence-electron chi connectivity index (χ0n) is 12.8. The SMILES string of the molecule is C[C@H]1CCC[C@@H]1NC[C@@H]1CCN(C)[C@H]1c1cccnc1. The molecule has 0 unspecified atom stereocenters. The molecule has 0 aromatic carbocycles. The second-order valence-electron chi connectivity index (χ2n) is 6.68. The summed E-state index contributed by atoms with van der Waals surface area (Å²) in [6, 6.07) is 5.57. The van der Waals surface area contributed by atoms with Crippen LogP contribution in [0, 0.1) is 11.8 Å². The first-order chi connectivity index (χ1) is 9.75. The van der Waals surface area contributed by atoms with Crippen molar-refractivity contribution in [2.45, 2.75) is 44.7 Å². The van der Waals surface area contributed by atoms with Gasteiger partial charge in [0.25, 0.3) is 0 Å². The minimum Gasteiger partial charge on any atom is -0.313 e. The Morgan fingerprint density at radius 2 is 2.25 bits per heavy atom. The molecular weight excluding hydrogens is 246 g/mol. The summed E-state index contributed by atoms with van der Waals surface area (Å²) in [6.45, 7) is 4.75. The summed E-state index contributed by atoms with van der Waals surface area (Å²) in [7, 11) is 2.25. The average Bonchev–Trinajstić information content (AvgIpc) is 3.03. The number of likely N-dealkylation sites (tertiary alicyclic amines) is 1. The van der Waals surface area contributed by atoms with Gasteiger partial charge in [-0.15, -0.1) is 0 Å². The lowest BCUT2D eigenvalue weighted by molar-refractivity contribution is 0.263. The van der Waals surface area contributed by atoms with E-state index in [1.807, 2.05) is 12.4 Å². The van der Waals surface area contributed by atoms with Gasteiger partial charge in [0.2, 0.25) is 0 Å². The fraction of sp³-hybridized carbons (Fsp3) is 0.706. The number of rotatable bonds is 4. The third-order valence-electron chi connectivity index (χ3n) is 5.30. The monoisotopic (exact) mass is 273 g/mol. The second-order valence-corrected chi connectivity index (χ2v) is 6.68. The molecule has 0 amide bonds. The van der Waals surface area contributed by atoms with E-state index in [-0.39, 0.29) is 0 Å². The summed E-state index contributed by atoms with van der Waals surface area (Å²) >= 11 is 0. The van der Waals surface area contributed by atoms with E-state index in [0.717, 1.165) is 24.4 Å². The highest BCUT2D eigenvalue weighted by Crippen LogP contribution is 2.35. The van der Waals surface area contributed by atoms with E-state index >= 15 is 0 Å². The van der Waals surface area contributed by atoms with E-state index in [4.69, 9.17) is 0 Å². The molecule has 1 saturated carbocycles. The first kappa shape index (κ1) is 14.0. The van der Waals surface area contributed by atoms with E-state index in [1.165, 1.54) is 37.8 Å². The molecule has 0 radical (unpaired) electrons. The molecule has 3 heteroatoms. The van der Waals surface area contributed by atoms with E-state index in [9.17, 15) is 0 Å². The maximum Gasteiger partial charge on any atom is 0.0401 e. The Hall–Kier alpha value is -0.930. The Balaban J connectivity index is 1.63. The number of aromatic nitrogens is 1. The number of pyridine rings is 1. The van der Waals surface area contributed by atoms with Crippen molar-refractivity contribution in [3.05, 3.63) is 30.1 Å². The highest BCUT2D eigenvalue weighted by molar-refractivity contribution is 5.17. The lowest BCUT2D eigenvalue weighted by atomic mass is 9.94. The fourth-order valence-electron chi connectivity index (χ4n) is 4.07. The van der Waals surface area contributed by atoms with E-state index in [2.05, 4.69) is 41.3 Å². The van der Waals surface area contributed by atoms with Crippen LogP contribution in [0.5, 0.6) is 0 Å². The molecule has 2 aliphatic rings. The maximum absolute atomic E-state index is 4.30. The molecule has 4 atom stereocenters. The maximum atomic E-state index is 4.30. The lowest BCUT2D eigenvalue weighted by Crippen LogP contribution is -2.36. The van der Waals surface area contributed by atoms with Crippen LogP contribution in [-0.2, 0) is 0 Å². The van der Waals surface area contributed by atoms with Gasteiger partial charge in [-0.2, -0.15) is 0 Å². The molecule has 2 heterocycles. The molecule has 1 N–H and O–H groups in total. The summed E-state index contributed by atoms with van der Waals surface area (Å²) in [5, 5.41) is 3.85. The largest absolute Gasteiger partial charge is 0.313 e. The normalized spacial score (nSPS) is 34.7. The average molecular weight is 273 g/mol. The topological polar surface area (TPSA) is 28.2 Å². The Bertz CT molecular complexity index is 420. The van der Waals surface area contributed by atoms with Crippen LogP contribution in [0.25, 0.3) is 0 Å². The van der Waals surface area contributed by atoms with Gasteiger partial charge in [0.1, 0.15) is 0 Å². The number of nitrogens with one attached hydrogen (secondary N) is 1. The predicted octanol–water partition coefficient (Wildman–Crippen LogP) is 2.85. The Morgan fingerprint density at radius 1 is 1.35 bits per heavy atom. The van der Waals surface area contributed by atoms with Gasteiger partial charge in [-0.3, -0.25) is 9.88 Å². The van der Waals surface area contributed by atoms with Crippen LogP contribution in [0.15, 0.2) is 24.5 Å². The van der Waals surface area contributed by atoms with Gasteiger partial charge in [0, 0.05) is 31.0 Å². The standard InChI is InChI=1S/C17H27N3/c1-13-5-3-7-16(13)19-12-15-8-10-20(2)17(15)14-6-4-9-18-11-14/h4,6,9,11,13,15-17,19H,3,5,7-8,10,12H2,1-2H3/t13-,15-,16-,17-/m0/s1. The van der Waals surface area contributed by atoms with Gasteiger partial charge in [-0.25, -0.2) is 0 Å². The molecule has 1 aliphatic carbocycles. The van der Waals surface area contributed by atoms with Crippen LogP contribution in [-0.4, -0.2) is 36.1 Å². The zero-order chi connectivity index (χ0) is 13.9. The molecule has 1 aliphatic heterocycles. The lowest BCUT2D eigenvalue weighted by Gasteiger charge is -2.27. The summed E-state index contributed by atoms with van der Waals surface area (Å²) in [5.41, 5.74) is 1.37. The van der Waals surface area contributed by atoms with Crippen molar-refractivity contribution in [1.82, 2.24) is 15.2 Å². The van der Waals surface area contributed by atoms with Crippen molar-refractivity contribution >= 4 is 0 Å². The molecule has 1 aromatic rings. The van der Waals surface area contributed by atoms with Gasteiger partial charge >= 0.3 is 0 Å². The highest BCUT2D eigenvalue weighted by atomic mass is 15.2. The summed E-state index contributed by atoms with van der Waals surface area (Å²) in [5.74, 6) is 1.57. The molecule has 0 bridgehead atoms. The number of nitrogens with zero attached hydrogens (tertiary/aromatic N) is 2. The highest BCUT2D eigenvalue weighted by Gasteiger charge is 2.34.